The number of esters is 1. The zero-order chi connectivity index (χ0) is 19.3. The average molecular weight is 383 g/mol. The third-order valence-electron chi connectivity index (χ3n) is 4.21. The molecule has 0 saturated heterocycles. The number of hydrogen-bond donors (Lipinski definition) is 1. The summed E-state index contributed by atoms with van der Waals surface area (Å²) >= 11 is 0. The van der Waals surface area contributed by atoms with Crippen LogP contribution in [0.1, 0.15) is 21.5 Å². The van der Waals surface area contributed by atoms with E-state index in [0.29, 0.717) is 18.5 Å². The maximum atomic E-state index is 12.3. The van der Waals surface area contributed by atoms with Gasteiger partial charge in [0.15, 0.2) is 0 Å². The molecule has 6 heteroatoms. The Bertz CT molecular complexity index is 1040. The smallest absolute Gasteiger partial charge is 0.338 e. The van der Waals surface area contributed by atoms with Crippen LogP contribution in [0.5, 0.6) is 0 Å². The maximum absolute atomic E-state index is 12.3. The molecule has 3 aromatic carbocycles. The van der Waals surface area contributed by atoms with Crippen LogP contribution in [0.25, 0.3) is 10.8 Å². The van der Waals surface area contributed by atoms with Crippen LogP contribution < -0.4 is 4.72 Å². The Hall–Kier alpha value is -2.70. The zero-order valence-electron chi connectivity index (χ0n) is 15.0. The number of carbonyl (C=O) groups excluding carboxylic acids is 1. The predicted molar refractivity (Wildman–Crippen MR) is 106 cm³/mol. The molecule has 1 N–H and O–H groups in total. The van der Waals surface area contributed by atoms with Gasteiger partial charge in [-0.25, -0.2) is 17.9 Å². The van der Waals surface area contributed by atoms with Gasteiger partial charge in [0.1, 0.15) is 6.61 Å². The molecular weight excluding hydrogens is 362 g/mol. The highest BCUT2D eigenvalue weighted by Crippen LogP contribution is 2.19. The fourth-order valence-corrected chi connectivity index (χ4v) is 3.31. The van der Waals surface area contributed by atoms with Gasteiger partial charge in [-0.2, -0.15) is 0 Å². The predicted octanol–water partition coefficient (Wildman–Crippen LogP) is 3.29. The molecule has 0 aliphatic heterocycles. The fraction of sp³-hybridized carbons (Fsp3) is 0.190. The lowest BCUT2D eigenvalue weighted by Crippen LogP contribution is -2.24. The van der Waals surface area contributed by atoms with Gasteiger partial charge < -0.3 is 4.74 Å². The topological polar surface area (TPSA) is 72.5 Å². The Balaban J connectivity index is 1.59. The van der Waals surface area contributed by atoms with Gasteiger partial charge in [0, 0.05) is 6.54 Å². The number of hydrogen-bond acceptors (Lipinski definition) is 4. The van der Waals surface area contributed by atoms with Crippen molar-refractivity contribution >= 4 is 26.8 Å². The standard InChI is InChI=1S/C21H21NO4S/c1-27(24,25)22-14-13-16-9-11-18(12-10-16)21(23)26-15-19-7-4-6-17-5-2-3-8-20(17)19/h2-12,22H,13-15H2,1H3. The molecule has 0 fully saturated rings. The first-order valence-corrected chi connectivity index (χ1v) is 10.5. The molecule has 0 amide bonds. The molecule has 3 aromatic rings. The number of rotatable bonds is 7. The summed E-state index contributed by atoms with van der Waals surface area (Å²) in [7, 11) is -3.19. The number of benzene rings is 3. The van der Waals surface area contributed by atoms with Crippen molar-refractivity contribution < 1.29 is 17.9 Å². The van der Waals surface area contributed by atoms with Crippen molar-refractivity contribution in [3.05, 3.63) is 83.4 Å². The van der Waals surface area contributed by atoms with E-state index in [1.54, 1.807) is 24.3 Å². The van der Waals surface area contributed by atoms with Gasteiger partial charge in [0.2, 0.25) is 10.0 Å². The van der Waals surface area contributed by atoms with E-state index in [1.165, 1.54) is 0 Å². The van der Waals surface area contributed by atoms with Crippen LogP contribution in [0.15, 0.2) is 66.7 Å². The lowest BCUT2D eigenvalue weighted by atomic mass is 10.1. The second-order valence-corrected chi connectivity index (χ2v) is 8.16. The van der Waals surface area contributed by atoms with Crippen molar-refractivity contribution in [1.29, 1.82) is 0 Å². The number of sulfonamides is 1. The number of carbonyl (C=O) groups is 1. The van der Waals surface area contributed by atoms with E-state index in [4.69, 9.17) is 4.74 Å². The summed E-state index contributed by atoms with van der Waals surface area (Å²) in [4.78, 5) is 12.3. The minimum absolute atomic E-state index is 0.209. The molecule has 27 heavy (non-hydrogen) atoms. The SMILES string of the molecule is CS(=O)(=O)NCCc1ccc(C(=O)OCc2cccc3ccccc23)cc1. The molecule has 0 unspecified atom stereocenters. The Kier molecular flexibility index (Phi) is 5.88. The zero-order valence-corrected chi connectivity index (χ0v) is 15.8. The largest absolute Gasteiger partial charge is 0.457 e. The Labute approximate surface area is 159 Å². The summed E-state index contributed by atoms with van der Waals surface area (Å²) < 4.78 is 30.0. The van der Waals surface area contributed by atoms with E-state index in [9.17, 15) is 13.2 Å². The minimum atomic E-state index is -3.19. The molecule has 0 aliphatic rings. The molecular formula is C21H21NO4S. The van der Waals surface area contributed by atoms with Crippen LogP contribution in [0.3, 0.4) is 0 Å². The Morgan fingerprint density at radius 1 is 0.963 bits per heavy atom. The van der Waals surface area contributed by atoms with E-state index in [1.807, 2.05) is 42.5 Å². The van der Waals surface area contributed by atoms with Crippen molar-refractivity contribution in [2.45, 2.75) is 13.0 Å². The summed E-state index contributed by atoms with van der Waals surface area (Å²) in [5, 5.41) is 2.18. The molecule has 0 radical (unpaired) electrons. The summed E-state index contributed by atoms with van der Waals surface area (Å²) in [6, 6.07) is 20.9. The fourth-order valence-electron chi connectivity index (χ4n) is 2.83. The van der Waals surface area contributed by atoms with E-state index >= 15 is 0 Å². The Morgan fingerprint density at radius 3 is 2.41 bits per heavy atom. The second-order valence-electron chi connectivity index (χ2n) is 6.33. The van der Waals surface area contributed by atoms with E-state index in [0.717, 1.165) is 28.2 Å². The van der Waals surface area contributed by atoms with Crippen LogP contribution in [0.2, 0.25) is 0 Å². The van der Waals surface area contributed by atoms with Crippen molar-refractivity contribution in [1.82, 2.24) is 4.72 Å². The molecule has 0 spiro atoms. The molecule has 140 valence electrons. The highest BCUT2D eigenvalue weighted by Gasteiger charge is 2.09. The average Bonchev–Trinajstić information content (AvgIpc) is 2.65. The van der Waals surface area contributed by atoms with Crippen molar-refractivity contribution in [3.8, 4) is 0 Å². The molecule has 0 heterocycles. The summed E-state index contributed by atoms with van der Waals surface area (Å²) in [6.45, 7) is 0.532. The normalized spacial score (nSPS) is 11.4. The van der Waals surface area contributed by atoms with E-state index in [-0.39, 0.29) is 12.6 Å². The molecule has 5 nitrogen and oxygen atoms in total. The first-order chi connectivity index (χ1) is 12.9. The lowest BCUT2D eigenvalue weighted by Gasteiger charge is -2.09. The minimum Gasteiger partial charge on any atom is -0.457 e. The maximum Gasteiger partial charge on any atom is 0.338 e. The van der Waals surface area contributed by atoms with Gasteiger partial charge in [-0.15, -0.1) is 0 Å². The van der Waals surface area contributed by atoms with Crippen molar-refractivity contribution in [3.63, 3.8) is 0 Å². The van der Waals surface area contributed by atoms with E-state index in [2.05, 4.69) is 4.72 Å². The molecule has 0 bridgehead atoms. The van der Waals surface area contributed by atoms with Gasteiger partial charge in [-0.05, 0) is 40.5 Å². The van der Waals surface area contributed by atoms with Gasteiger partial charge in [0.05, 0.1) is 11.8 Å². The van der Waals surface area contributed by atoms with Gasteiger partial charge in [0.25, 0.3) is 0 Å². The highest BCUT2D eigenvalue weighted by molar-refractivity contribution is 7.88. The number of fused-ring (bicyclic) bond motifs is 1. The quantitative estimate of drug-likeness (QED) is 0.636. The first kappa shape index (κ1) is 19.1. The molecule has 0 saturated carbocycles. The Morgan fingerprint density at radius 2 is 1.67 bits per heavy atom. The molecule has 0 aromatic heterocycles. The lowest BCUT2D eigenvalue weighted by molar-refractivity contribution is 0.0474. The third kappa shape index (κ3) is 5.39. The van der Waals surface area contributed by atoms with Crippen LogP contribution in [-0.4, -0.2) is 27.2 Å². The van der Waals surface area contributed by atoms with Gasteiger partial charge in [-0.1, -0.05) is 54.6 Å². The monoisotopic (exact) mass is 383 g/mol. The van der Waals surface area contributed by atoms with Crippen molar-refractivity contribution in [2.75, 3.05) is 12.8 Å². The van der Waals surface area contributed by atoms with Gasteiger partial charge >= 0.3 is 5.97 Å². The van der Waals surface area contributed by atoms with E-state index < -0.39 is 10.0 Å². The van der Waals surface area contributed by atoms with Crippen LogP contribution >= 0.6 is 0 Å². The number of ether oxygens (including phenoxy) is 1. The molecule has 3 rings (SSSR count). The molecule has 0 aliphatic carbocycles. The van der Waals surface area contributed by atoms with Gasteiger partial charge in [-0.3, -0.25) is 0 Å². The summed E-state index contributed by atoms with van der Waals surface area (Å²) in [5.74, 6) is -0.385. The van der Waals surface area contributed by atoms with Crippen LogP contribution in [-0.2, 0) is 27.8 Å². The van der Waals surface area contributed by atoms with Crippen molar-refractivity contribution in [2.24, 2.45) is 0 Å². The summed E-state index contributed by atoms with van der Waals surface area (Å²) in [5.41, 5.74) is 2.37. The number of nitrogens with one attached hydrogen (secondary N) is 1. The summed E-state index contributed by atoms with van der Waals surface area (Å²) in [6.07, 6.45) is 1.68. The third-order valence-corrected chi connectivity index (χ3v) is 4.93. The second kappa shape index (κ2) is 8.33. The molecule has 0 atom stereocenters. The van der Waals surface area contributed by atoms with Crippen LogP contribution in [0, 0.1) is 0 Å². The first-order valence-electron chi connectivity index (χ1n) is 8.60. The van der Waals surface area contributed by atoms with Crippen LogP contribution in [0.4, 0.5) is 0 Å². The highest BCUT2D eigenvalue weighted by atomic mass is 32.2.